The first-order valence-corrected chi connectivity index (χ1v) is 10.0. The molecule has 2 atom stereocenters. The molecule has 6 nitrogen and oxygen atoms in total. The number of piperazine rings is 1. The van der Waals surface area contributed by atoms with E-state index in [4.69, 9.17) is 14.2 Å². The highest BCUT2D eigenvalue weighted by Gasteiger charge is 2.47. The molecule has 1 aromatic carbocycles. The van der Waals surface area contributed by atoms with Crippen molar-refractivity contribution in [3.8, 4) is 0 Å². The third-order valence-corrected chi connectivity index (χ3v) is 5.70. The van der Waals surface area contributed by atoms with E-state index in [-0.39, 0.29) is 30.8 Å². The number of nitrogens with zero attached hydrogens (tertiary/aromatic N) is 2. The number of hydrogen-bond donors (Lipinski definition) is 0. The van der Waals surface area contributed by atoms with Crippen molar-refractivity contribution >= 4 is 11.7 Å². The molecule has 6 heteroatoms. The number of amides is 1. The van der Waals surface area contributed by atoms with Crippen LogP contribution in [0.4, 0.5) is 4.79 Å². The molecule has 2 saturated heterocycles. The Hall–Kier alpha value is -1.89. The number of benzene rings is 1. The van der Waals surface area contributed by atoms with Gasteiger partial charge in [0.2, 0.25) is 0 Å². The third kappa shape index (κ3) is 3.69. The fraction of sp³-hybridized carbons (Fsp3) is 0.591. The average molecular weight is 386 g/mol. The fourth-order valence-electron chi connectivity index (χ4n) is 4.33. The van der Waals surface area contributed by atoms with Gasteiger partial charge in [0.25, 0.3) is 0 Å². The summed E-state index contributed by atoms with van der Waals surface area (Å²) in [5.74, 6) is 0. The maximum Gasteiger partial charge on any atom is 0.410 e. The summed E-state index contributed by atoms with van der Waals surface area (Å²) in [4.78, 5) is 16.9. The Balaban J connectivity index is 1.67. The second-order valence-corrected chi connectivity index (χ2v) is 8.90. The van der Waals surface area contributed by atoms with Crippen LogP contribution in [0, 0.1) is 0 Å². The molecule has 3 aliphatic heterocycles. The molecule has 1 amide bonds. The highest BCUT2D eigenvalue weighted by Crippen LogP contribution is 2.42. The van der Waals surface area contributed by atoms with Crippen molar-refractivity contribution in [3.05, 3.63) is 41.5 Å². The van der Waals surface area contributed by atoms with Crippen LogP contribution in [0.25, 0.3) is 5.57 Å². The highest BCUT2D eigenvalue weighted by molar-refractivity contribution is 5.74. The number of ether oxygens (including phenoxy) is 3. The first-order valence-electron chi connectivity index (χ1n) is 10.0. The number of likely N-dealkylation sites (N-methyl/N-ethyl adjacent to an activating group) is 1. The van der Waals surface area contributed by atoms with Gasteiger partial charge in [0.1, 0.15) is 5.60 Å². The topological polar surface area (TPSA) is 51.2 Å². The number of carbonyl (C=O) groups excluding carboxylic acids is 1. The van der Waals surface area contributed by atoms with Crippen LogP contribution in [0.2, 0.25) is 0 Å². The zero-order valence-electron chi connectivity index (χ0n) is 17.3. The summed E-state index contributed by atoms with van der Waals surface area (Å²) in [6.45, 7) is 8.84. The standard InChI is InChI=1S/C22H30N2O4/c1-14-26-20(27-14)19-17(15-9-7-6-8-10-15)11-16-12-24(13-18(19)23(16)5)21(25)28-22(2,3)4/h6-10,14,16,18,20H,11-13H2,1-5H3. The lowest BCUT2D eigenvalue weighted by Gasteiger charge is -2.52. The van der Waals surface area contributed by atoms with Crippen molar-refractivity contribution in [1.82, 2.24) is 9.80 Å². The Labute approximate surface area is 167 Å². The molecular formula is C22H30N2O4. The Morgan fingerprint density at radius 2 is 1.82 bits per heavy atom. The first kappa shape index (κ1) is 19.4. The monoisotopic (exact) mass is 386 g/mol. The van der Waals surface area contributed by atoms with Crippen LogP contribution < -0.4 is 0 Å². The summed E-state index contributed by atoms with van der Waals surface area (Å²) >= 11 is 0. The average Bonchev–Trinajstić information content (AvgIpc) is 2.59. The van der Waals surface area contributed by atoms with E-state index in [2.05, 4.69) is 36.2 Å². The molecule has 0 saturated carbocycles. The lowest BCUT2D eigenvalue weighted by molar-refractivity contribution is -0.361. The SMILES string of the molecule is CC1OC(C2=C(c3ccccc3)CC3CN(C(=O)OC(C)(C)C)CC2N3C)O1. The Kier molecular flexibility index (Phi) is 4.98. The normalized spacial score (nSPS) is 30.8. The second kappa shape index (κ2) is 7.17. The van der Waals surface area contributed by atoms with Gasteiger partial charge in [0.15, 0.2) is 12.6 Å². The van der Waals surface area contributed by atoms with Crippen molar-refractivity contribution in [3.63, 3.8) is 0 Å². The van der Waals surface area contributed by atoms with Gasteiger partial charge < -0.3 is 19.1 Å². The summed E-state index contributed by atoms with van der Waals surface area (Å²) < 4.78 is 17.4. The highest BCUT2D eigenvalue weighted by atomic mass is 16.9. The summed E-state index contributed by atoms with van der Waals surface area (Å²) in [5, 5.41) is 0. The lowest BCUT2D eigenvalue weighted by atomic mass is 9.81. The molecule has 0 N–H and O–H groups in total. The molecule has 4 rings (SSSR count). The lowest BCUT2D eigenvalue weighted by Crippen LogP contribution is -2.63. The van der Waals surface area contributed by atoms with Gasteiger partial charge in [0, 0.05) is 24.7 Å². The molecule has 0 aromatic heterocycles. The van der Waals surface area contributed by atoms with Gasteiger partial charge in [-0.25, -0.2) is 4.79 Å². The van der Waals surface area contributed by atoms with Gasteiger partial charge in [0.05, 0.1) is 6.04 Å². The minimum atomic E-state index is -0.501. The van der Waals surface area contributed by atoms with Crippen molar-refractivity contribution in [1.29, 1.82) is 0 Å². The maximum absolute atomic E-state index is 12.7. The molecule has 28 heavy (non-hydrogen) atoms. The smallest absolute Gasteiger partial charge is 0.410 e. The Bertz CT molecular complexity index is 764. The van der Waals surface area contributed by atoms with E-state index in [1.54, 1.807) is 0 Å². The van der Waals surface area contributed by atoms with Crippen LogP contribution >= 0.6 is 0 Å². The van der Waals surface area contributed by atoms with E-state index in [0.717, 1.165) is 12.0 Å². The molecule has 2 unspecified atom stereocenters. The van der Waals surface area contributed by atoms with Crippen LogP contribution in [0.5, 0.6) is 0 Å². The minimum Gasteiger partial charge on any atom is -0.444 e. The predicted octanol–water partition coefficient (Wildman–Crippen LogP) is 3.48. The predicted molar refractivity (Wildman–Crippen MR) is 107 cm³/mol. The molecule has 0 aliphatic carbocycles. The van der Waals surface area contributed by atoms with E-state index < -0.39 is 5.60 Å². The van der Waals surface area contributed by atoms with E-state index in [1.807, 2.05) is 38.7 Å². The van der Waals surface area contributed by atoms with E-state index in [9.17, 15) is 4.79 Å². The van der Waals surface area contributed by atoms with E-state index in [0.29, 0.717) is 13.1 Å². The Morgan fingerprint density at radius 3 is 2.43 bits per heavy atom. The van der Waals surface area contributed by atoms with Crippen LogP contribution in [0.3, 0.4) is 0 Å². The van der Waals surface area contributed by atoms with Gasteiger partial charge in [-0.2, -0.15) is 0 Å². The quantitative estimate of drug-likeness (QED) is 0.779. The number of rotatable bonds is 2. The molecule has 3 aliphatic rings. The van der Waals surface area contributed by atoms with Gasteiger partial charge >= 0.3 is 6.09 Å². The van der Waals surface area contributed by atoms with Crippen molar-refractivity contribution < 1.29 is 19.0 Å². The van der Waals surface area contributed by atoms with E-state index in [1.165, 1.54) is 11.1 Å². The number of hydrogen-bond acceptors (Lipinski definition) is 5. The number of carbonyl (C=O) groups is 1. The van der Waals surface area contributed by atoms with Crippen molar-refractivity contribution in [2.45, 2.75) is 64.4 Å². The second-order valence-electron chi connectivity index (χ2n) is 8.90. The van der Waals surface area contributed by atoms with E-state index >= 15 is 0 Å². The van der Waals surface area contributed by atoms with Crippen LogP contribution in [0.15, 0.2) is 35.9 Å². The molecule has 3 heterocycles. The molecule has 2 fully saturated rings. The van der Waals surface area contributed by atoms with Crippen LogP contribution in [-0.2, 0) is 14.2 Å². The van der Waals surface area contributed by atoms with Crippen molar-refractivity contribution in [2.24, 2.45) is 0 Å². The largest absolute Gasteiger partial charge is 0.444 e. The summed E-state index contributed by atoms with van der Waals surface area (Å²) in [6, 6.07) is 10.7. The van der Waals surface area contributed by atoms with Gasteiger partial charge in [-0.3, -0.25) is 4.90 Å². The zero-order chi connectivity index (χ0) is 20.1. The molecular weight excluding hydrogens is 356 g/mol. The van der Waals surface area contributed by atoms with Crippen molar-refractivity contribution in [2.75, 3.05) is 20.1 Å². The fourth-order valence-corrected chi connectivity index (χ4v) is 4.33. The number of fused-ring (bicyclic) bond motifs is 2. The van der Waals surface area contributed by atoms with Gasteiger partial charge in [-0.1, -0.05) is 30.3 Å². The molecule has 0 spiro atoms. The molecule has 152 valence electrons. The summed E-state index contributed by atoms with van der Waals surface area (Å²) in [7, 11) is 2.13. The zero-order valence-corrected chi connectivity index (χ0v) is 17.3. The summed E-state index contributed by atoms with van der Waals surface area (Å²) in [6.07, 6.45) is 0.0608. The maximum atomic E-state index is 12.7. The third-order valence-electron chi connectivity index (χ3n) is 5.70. The Morgan fingerprint density at radius 1 is 1.14 bits per heavy atom. The van der Waals surface area contributed by atoms with Gasteiger partial charge in [-0.05, 0) is 52.3 Å². The van der Waals surface area contributed by atoms with Crippen LogP contribution in [-0.4, -0.2) is 66.3 Å². The first-order chi connectivity index (χ1) is 13.2. The molecule has 1 aromatic rings. The minimum absolute atomic E-state index is 0.0488. The molecule has 0 radical (unpaired) electrons. The van der Waals surface area contributed by atoms with Crippen LogP contribution in [0.1, 0.15) is 39.7 Å². The molecule has 2 bridgehead atoms. The van der Waals surface area contributed by atoms with Gasteiger partial charge in [-0.15, -0.1) is 0 Å². The summed E-state index contributed by atoms with van der Waals surface area (Å²) in [5.41, 5.74) is 3.13.